The van der Waals surface area contributed by atoms with E-state index in [9.17, 15) is 0 Å². The van der Waals surface area contributed by atoms with Gasteiger partial charge < -0.3 is 4.57 Å². The Morgan fingerprint density at radius 3 is 2.32 bits per heavy atom. The van der Waals surface area contributed by atoms with E-state index in [1.165, 1.54) is 5.56 Å². The molecule has 124 valence electrons. The molecule has 4 rings (SSSR count). The molecule has 0 amide bonds. The Labute approximate surface area is 156 Å². The molecule has 0 unspecified atom stereocenters. The summed E-state index contributed by atoms with van der Waals surface area (Å²) in [6, 6.07) is 24.1. The molecule has 4 aromatic rings. The average molecular weight is 367 g/mol. The predicted molar refractivity (Wildman–Crippen MR) is 105 cm³/mol. The number of fused-ring (bicyclic) bond motifs is 1. The second-order valence-electron chi connectivity index (χ2n) is 6.00. The van der Waals surface area contributed by atoms with E-state index < -0.39 is 0 Å². The first-order valence-electron chi connectivity index (χ1n) is 8.13. The molecule has 1 aromatic heterocycles. The molecule has 0 radical (unpaired) electrons. The molecule has 0 fully saturated rings. The number of nitrogens with zero attached hydrogens (tertiary/aromatic N) is 2. The standard InChI is InChI=1S/C21H16Cl2N2/c22-17-11-9-15(10-12-17)14-25-20-8-4-3-7-19(20)24-21(25)13-16-5-1-2-6-18(16)23/h1-12H,13-14H2. The summed E-state index contributed by atoms with van der Waals surface area (Å²) in [6.45, 7) is 0.747. The number of benzene rings is 3. The first-order valence-corrected chi connectivity index (χ1v) is 8.88. The van der Waals surface area contributed by atoms with Crippen molar-refractivity contribution in [2.75, 3.05) is 0 Å². The monoisotopic (exact) mass is 366 g/mol. The number of aromatic nitrogens is 2. The van der Waals surface area contributed by atoms with Gasteiger partial charge in [-0.1, -0.05) is 65.7 Å². The summed E-state index contributed by atoms with van der Waals surface area (Å²) in [7, 11) is 0. The quantitative estimate of drug-likeness (QED) is 0.434. The molecule has 4 heteroatoms. The van der Waals surface area contributed by atoms with Crippen LogP contribution in [-0.2, 0) is 13.0 Å². The minimum absolute atomic E-state index is 0.696. The van der Waals surface area contributed by atoms with Crippen molar-refractivity contribution in [2.24, 2.45) is 0 Å². The molecule has 0 aliphatic carbocycles. The second kappa shape index (κ2) is 6.91. The fraction of sp³-hybridized carbons (Fsp3) is 0.0952. The van der Waals surface area contributed by atoms with Crippen LogP contribution in [0.4, 0.5) is 0 Å². The number of hydrogen-bond acceptors (Lipinski definition) is 1. The van der Waals surface area contributed by atoms with E-state index in [2.05, 4.69) is 22.8 Å². The summed E-state index contributed by atoms with van der Waals surface area (Å²) < 4.78 is 2.25. The molecule has 2 nitrogen and oxygen atoms in total. The van der Waals surface area contributed by atoms with Crippen LogP contribution in [0.1, 0.15) is 17.0 Å². The SMILES string of the molecule is Clc1ccc(Cn2c(Cc3ccccc3Cl)nc3ccccc32)cc1. The lowest BCUT2D eigenvalue weighted by molar-refractivity contribution is 0.762. The van der Waals surface area contributed by atoms with E-state index in [1.54, 1.807) is 0 Å². The van der Waals surface area contributed by atoms with Crippen molar-refractivity contribution in [1.29, 1.82) is 0 Å². The average Bonchev–Trinajstić information content (AvgIpc) is 2.96. The number of rotatable bonds is 4. The van der Waals surface area contributed by atoms with E-state index >= 15 is 0 Å². The lowest BCUT2D eigenvalue weighted by Gasteiger charge is -2.10. The van der Waals surface area contributed by atoms with Crippen LogP contribution >= 0.6 is 23.2 Å². The molecule has 0 bridgehead atoms. The van der Waals surface area contributed by atoms with Gasteiger partial charge in [0, 0.05) is 23.0 Å². The van der Waals surface area contributed by atoms with Gasteiger partial charge in [-0.3, -0.25) is 0 Å². The Bertz CT molecular complexity index is 1020. The minimum atomic E-state index is 0.696. The van der Waals surface area contributed by atoms with Crippen LogP contribution in [0.3, 0.4) is 0 Å². The number of imidazole rings is 1. The molecule has 0 aliphatic rings. The van der Waals surface area contributed by atoms with Crippen molar-refractivity contribution in [3.63, 3.8) is 0 Å². The summed E-state index contributed by atoms with van der Waals surface area (Å²) >= 11 is 12.4. The Morgan fingerprint density at radius 1 is 0.800 bits per heavy atom. The van der Waals surface area contributed by atoms with Crippen molar-refractivity contribution in [3.8, 4) is 0 Å². The zero-order chi connectivity index (χ0) is 17.2. The summed E-state index contributed by atoms with van der Waals surface area (Å²) in [5.41, 5.74) is 4.39. The third-order valence-corrected chi connectivity index (χ3v) is 4.91. The van der Waals surface area contributed by atoms with Gasteiger partial charge >= 0.3 is 0 Å². The van der Waals surface area contributed by atoms with E-state index in [4.69, 9.17) is 28.2 Å². The van der Waals surface area contributed by atoms with Crippen molar-refractivity contribution in [1.82, 2.24) is 9.55 Å². The van der Waals surface area contributed by atoms with Gasteiger partial charge in [0.25, 0.3) is 0 Å². The summed E-state index contributed by atoms with van der Waals surface area (Å²) in [4.78, 5) is 4.84. The molecular weight excluding hydrogens is 351 g/mol. The van der Waals surface area contributed by atoms with Gasteiger partial charge in [0.1, 0.15) is 5.82 Å². The number of halogens is 2. The topological polar surface area (TPSA) is 17.8 Å². The highest BCUT2D eigenvalue weighted by Gasteiger charge is 2.13. The Hall–Kier alpha value is -2.29. The Kier molecular flexibility index (Phi) is 4.48. The van der Waals surface area contributed by atoms with Crippen LogP contribution in [0, 0.1) is 0 Å². The van der Waals surface area contributed by atoms with Gasteiger partial charge in [-0.05, 0) is 41.5 Å². The summed E-state index contributed by atoms with van der Waals surface area (Å²) in [5, 5.41) is 1.52. The van der Waals surface area contributed by atoms with Crippen molar-refractivity contribution in [3.05, 3.63) is 99.8 Å². The third-order valence-electron chi connectivity index (χ3n) is 4.29. The molecule has 0 atom stereocenters. The number of para-hydroxylation sites is 2. The Morgan fingerprint density at radius 2 is 1.52 bits per heavy atom. The van der Waals surface area contributed by atoms with Crippen LogP contribution in [0.15, 0.2) is 72.8 Å². The highest BCUT2D eigenvalue weighted by Crippen LogP contribution is 2.23. The number of hydrogen-bond donors (Lipinski definition) is 0. The van der Waals surface area contributed by atoms with Crippen LogP contribution < -0.4 is 0 Å². The van der Waals surface area contributed by atoms with Crippen molar-refractivity contribution in [2.45, 2.75) is 13.0 Å². The maximum Gasteiger partial charge on any atom is 0.114 e. The first-order chi connectivity index (χ1) is 12.2. The molecule has 3 aromatic carbocycles. The largest absolute Gasteiger partial charge is 0.323 e. The van der Waals surface area contributed by atoms with Crippen molar-refractivity contribution < 1.29 is 0 Å². The van der Waals surface area contributed by atoms with Gasteiger partial charge in [0.15, 0.2) is 0 Å². The lowest BCUT2D eigenvalue weighted by atomic mass is 10.1. The fourth-order valence-electron chi connectivity index (χ4n) is 3.02. The van der Waals surface area contributed by atoms with E-state index in [0.717, 1.165) is 39.0 Å². The first kappa shape index (κ1) is 16.2. The minimum Gasteiger partial charge on any atom is -0.323 e. The Balaban J connectivity index is 1.78. The predicted octanol–water partition coefficient (Wildman–Crippen LogP) is 5.98. The smallest absolute Gasteiger partial charge is 0.114 e. The lowest BCUT2D eigenvalue weighted by Crippen LogP contribution is -2.06. The van der Waals surface area contributed by atoms with Gasteiger partial charge in [0.2, 0.25) is 0 Å². The zero-order valence-electron chi connectivity index (χ0n) is 13.5. The van der Waals surface area contributed by atoms with Crippen molar-refractivity contribution >= 4 is 34.2 Å². The van der Waals surface area contributed by atoms with Crippen LogP contribution in [0.25, 0.3) is 11.0 Å². The zero-order valence-corrected chi connectivity index (χ0v) is 15.0. The molecule has 25 heavy (non-hydrogen) atoms. The van der Waals surface area contributed by atoms with E-state index in [-0.39, 0.29) is 0 Å². The molecule has 0 saturated heterocycles. The van der Waals surface area contributed by atoms with Gasteiger partial charge in [0.05, 0.1) is 11.0 Å². The molecular formula is C21H16Cl2N2. The molecule has 0 aliphatic heterocycles. The van der Waals surface area contributed by atoms with E-state index in [1.807, 2.05) is 54.6 Å². The highest BCUT2D eigenvalue weighted by atomic mass is 35.5. The summed E-state index contributed by atoms with van der Waals surface area (Å²) in [5.74, 6) is 1.00. The van der Waals surface area contributed by atoms with Crippen LogP contribution in [0.2, 0.25) is 10.0 Å². The summed E-state index contributed by atoms with van der Waals surface area (Å²) in [6.07, 6.45) is 0.696. The highest BCUT2D eigenvalue weighted by molar-refractivity contribution is 6.31. The normalized spacial score (nSPS) is 11.1. The maximum atomic E-state index is 6.35. The van der Waals surface area contributed by atoms with Gasteiger partial charge in [-0.15, -0.1) is 0 Å². The van der Waals surface area contributed by atoms with E-state index in [0.29, 0.717) is 6.42 Å². The van der Waals surface area contributed by atoms with Crippen LogP contribution in [-0.4, -0.2) is 9.55 Å². The molecule has 0 spiro atoms. The fourth-order valence-corrected chi connectivity index (χ4v) is 3.35. The third kappa shape index (κ3) is 3.41. The maximum absolute atomic E-state index is 6.35. The molecule has 1 heterocycles. The molecule has 0 N–H and O–H groups in total. The van der Waals surface area contributed by atoms with Gasteiger partial charge in [-0.2, -0.15) is 0 Å². The van der Waals surface area contributed by atoms with Gasteiger partial charge in [-0.25, -0.2) is 4.98 Å². The van der Waals surface area contributed by atoms with Crippen LogP contribution in [0.5, 0.6) is 0 Å². The molecule has 0 saturated carbocycles. The second-order valence-corrected chi connectivity index (χ2v) is 6.84.